The Balaban J connectivity index is 0.00000300. The second-order valence-corrected chi connectivity index (χ2v) is 7.48. The minimum absolute atomic E-state index is 0. The molecule has 1 atom stereocenters. The van der Waals surface area contributed by atoms with Crippen LogP contribution in [0.15, 0.2) is 4.99 Å². The van der Waals surface area contributed by atoms with E-state index in [2.05, 4.69) is 44.4 Å². The Labute approximate surface area is 191 Å². The molecule has 0 aliphatic carbocycles. The number of ether oxygens (including phenoxy) is 1. The highest BCUT2D eigenvalue weighted by Gasteiger charge is 2.22. The van der Waals surface area contributed by atoms with Crippen LogP contribution in [0.4, 0.5) is 0 Å². The van der Waals surface area contributed by atoms with E-state index < -0.39 is 0 Å². The molecule has 1 fully saturated rings. The van der Waals surface area contributed by atoms with Gasteiger partial charge in [-0.2, -0.15) is 5.10 Å². The lowest BCUT2D eigenvalue weighted by Gasteiger charge is -2.33. The van der Waals surface area contributed by atoms with Crippen LogP contribution in [0.3, 0.4) is 0 Å². The summed E-state index contributed by atoms with van der Waals surface area (Å²) in [6.45, 7) is 14.1. The number of nitrogens with zero attached hydrogens (tertiary/aromatic N) is 6. The van der Waals surface area contributed by atoms with Crippen LogP contribution in [0, 0.1) is 0 Å². The zero-order chi connectivity index (χ0) is 19.8. The number of aliphatic imine (C=N–C) groups is 1. The topological polar surface area (TPSA) is 82.8 Å². The molecule has 0 amide bonds. The molecular weight excluding hydrogens is 483 g/mol. The van der Waals surface area contributed by atoms with E-state index in [4.69, 9.17) is 9.73 Å². The molecule has 0 radical (unpaired) electrons. The number of methoxy groups -OCH3 is 1. The molecule has 166 valence electrons. The van der Waals surface area contributed by atoms with Crippen molar-refractivity contribution in [3.63, 3.8) is 0 Å². The van der Waals surface area contributed by atoms with Gasteiger partial charge in [-0.1, -0.05) is 6.92 Å². The summed E-state index contributed by atoms with van der Waals surface area (Å²) in [7, 11) is 1.67. The second kappa shape index (κ2) is 12.7. The first-order valence-electron chi connectivity index (χ1n) is 10.6. The number of aryl methyl sites for hydroxylation is 1. The zero-order valence-corrected chi connectivity index (χ0v) is 20.4. The largest absolute Gasteiger partial charge is 0.377 e. The van der Waals surface area contributed by atoms with Crippen LogP contribution >= 0.6 is 24.0 Å². The lowest BCUT2D eigenvalue weighted by atomic mass is 10.1. The third-order valence-electron chi connectivity index (χ3n) is 5.46. The number of hydrogen-bond acceptors (Lipinski definition) is 6. The summed E-state index contributed by atoms with van der Waals surface area (Å²) >= 11 is 0. The van der Waals surface area contributed by atoms with Crippen molar-refractivity contribution < 1.29 is 4.74 Å². The summed E-state index contributed by atoms with van der Waals surface area (Å²) in [5.41, 5.74) is 0. The lowest BCUT2D eigenvalue weighted by Crippen LogP contribution is -2.48. The summed E-state index contributed by atoms with van der Waals surface area (Å²) in [4.78, 5) is 14.4. The Morgan fingerprint density at radius 2 is 1.97 bits per heavy atom. The molecule has 3 heterocycles. The van der Waals surface area contributed by atoms with Crippen molar-refractivity contribution in [2.24, 2.45) is 4.99 Å². The number of piperazine rings is 1. The molecule has 1 saturated heterocycles. The fourth-order valence-electron chi connectivity index (χ4n) is 3.81. The van der Waals surface area contributed by atoms with Crippen molar-refractivity contribution in [3.8, 4) is 0 Å². The molecule has 2 N–H and O–H groups in total. The Morgan fingerprint density at radius 1 is 1.21 bits per heavy atom. The van der Waals surface area contributed by atoms with Gasteiger partial charge >= 0.3 is 0 Å². The second-order valence-electron chi connectivity index (χ2n) is 7.48. The molecule has 0 aromatic carbocycles. The Morgan fingerprint density at radius 3 is 2.66 bits per heavy atom. The predicted octanol–water partition coefficient (Wildman–Crippen LogP) is 0.550. The number of fused-ring (bicyclic) bond motifs is 1. The first-order valence-corrected chi connectivity index (χ1v) is 10.6. The summed E-state index contributed by atoms with van der Waals surface area (Å²) in [5.74, 6) is 2.72. The van der Waals surface area contributed by atoms with Gasteiger partial charge in [0.25, 0.3) is 0 Å². The van der Waals surface area contributed by atoms with Gasteiger partial charge in [-0.3, -0.25) is 9.89 Å². The van der Waals surface area contributed by atoms with Crippen molar-refractivity contribution in [1.29, 1.82) is 0 Å². The SMILES string of the molecule is CCNC(=NCCN1CCN(CC)CC1)NC1CCc2nc(COC)nn2C1.I. The molecular formula is C19H37IN8O. The first-order chi connectivity index (χ1) is 13.7. The molecule has 1 aromatic heterocycles. The van der Waals surface area contributed by atoms with Gasteiger partial charge in [0.15, 0.2) is 11.8 Å². The Bertz CT molecular complexity index is 630. The minimum atomic E-state index is 0. The number of nitrogens with one attached hydrogen (secondary N) is 2. The standard InChI is InChI=1S/C19H36N8O.HI/c1-4-20-19(21-8-9-26-12-10-25(5-2)11-13-26)22-16-6-7-18-23-17(15-28-3)24-27(18)14-16;/h16H,4-15H2,1-3H3,(H2,20,21,22);1H. The number of likely N-dealkylation sites (N-methyl/N-ethyl adjacent to an activating group) is 1. The van der Waals surface area contributed by atoms with E-state index in [0.717, 1.165) is 76.3 Å². The van der Waals surface area contributed by atoms with Gasteiger partial charge < -0.3 is 20.3 Å². The maximum Gasteiger partial charge on any atom is 0.191 e. The summed E-state index contributed by atoms with van der Waals surface area (Å²) < 4.78 is 7.15. The van der Waals surface area contributed by atoms with Crippen LogP contribution < -0.4 is 10.6 Å². The molecule has 10 heteroatoms. The summed E-state index contributed by atoms with van der Waals surface area (Å²) in [6.07, 6.45) is 1.96. The van der Waals surface area contributed by atoms with Crippen molar-refractivity contribution in [2.45, 2.75) is 45.9 Å². The summed E-state index contributed by atoms with van der Waals surface area (Å²) in [6, 6.07) is 0.315. The van der Waals surface area contributed by atoms with E-state index in [1.165, 1.54) is 13.1 Å². The third kappa shape index (κ3) is 7.34. The van der Waals surface area contributed by atoms with Crippen molar-refractivity contribution in [3.05, 3.63) is 11.6 Å². The molecule has 0 spiro atoms. The van der Waals surface area contributed by atoms with E-state index in [-0.39, 0.29) is 24.0 Å². The van der Waals surface area contributed by atoms with Gasteiger partial charge in [-0.05, 0) is 19.9 Å². The molecule has 0 saturated carbocycles. The van der Waals surface area contributed by atoms with Crippen LogP contribution in [0.25, 0.3) is 0 Å². The van der Waals surface area contributed by atoms with Gasteiger partial charge in [0, 0.05) is 58.8 Å². The fraction of sp³-hybridized carbons (Fsp3) is 0.842. The van der Waals surface area contributed by atoms with Crippen LogP contribution in [0.1, 0.15) is 31.9 Å². The van der Waals surface area contributed by atoms with Crippen molar-refractivity contribution in [1.82, 2.24) is 35.2 Å². The van der Waals surface area contributed by atoms with Crippen LogP contribution in [0.5, 0.6) is 0 Å². The molecule has 1 unspecified atom stereocenters. The molecule has 29 heavy (non-hydrogen) atoms. The van der Waals surface area contributed by atoms with E-state index in [1.54, 1.807) is 7.11 Å². The number of rotatable bonds is 8. The molecule has 2 aliphatic heterocycles. The van der Waals surface area contributed by atoms with Gasteiger partial charge in [0.2, 0.25) is 0 Å². The number of halogens is 1. The van der Waals surface area contributed by atoms with Crippen molar-refractivity contribution >= 4 is 29.9 Å². The van der Waals surface area contributed by atoms with Crippen LogP contribution in [-0.2, 0) is 24.3 Å². The fourth-order valence-corrected chi connectivity index (χ4v) is 3.81. The zero-order valence-electron chi connectivity index (χ0n) is 18.1. The van der Waals surface area contributed by atoms with E-state index >= 15 is 0 Å². The average Bonchev–Trinajstić information content (AvgIpc) is 3.10. The van der Waals surface area contributed by atoms with Gasteiger partial charge in [0.1, 0.15) is 12.4 Å². The normalized spacial score (nSPS) is 20.8. The van der Waals surface area contributed by atoms with E-state index in [0.29, 0.717) is 12.6 Å². The van der Waals surface area contributed by atoms with Crippen molar-refractivity contribution in [2.75, 3.05) is 59.5 Å². The van der Waals surface area contributed by atoms with E-state index in [1.807, 2.05) is 4.68 Å². The monoisotopic (exact) mass is 520 g/mol. The molecule has 2 aliphatic rings. The Hall–Kier alpha value is -0.980. The third-order valence-corrected chi connectivity index (χ3v) is 5.46. The molecule has 0 bridgehead atoms. The van der Waals surface area contributed by atoms with E-state index in [9.17, 15) is 0 Å². The maximum atomic E-state index is 5.15. The smallest absolute Gasteiger partial charge is 0.191 e. The highest BCUT2D eigenvalue weighted by molar-refractivity contribution is 14.0. The quantitative estimate of drug-likeness (QED) is 0.295. The maximum absolute atomic E-state index is 5.15. The van der Waals surface area contributed by atoms with Gasteiger partial charge in [-0.25, -0.2) is 9.67 Å². The molecule has 9 nitrogen and oxygen atoms in total. The highest BCUT2D eigenvalue weighted by atomic mass is 127. The van der Waals surface area contributed by atoms with Gasteiger partial charge in [-0.15, -0.1) is 24.0 Å². The van der Waals surface area contributed by atoms with Crippen LogP contribution in [-0.4, -0.2) is 96.0 Å². The highest BCUT2D eigenvalue weighted by Crippen LogP contribution is 2.13. The summed E-state index contributed by atoms with van der Waals surface area (Å²) in [5, 5.41) is 11.5. The molecule has 3 rings (SSSR count). The van der Waals surface area contributed by atoms with Gasteiger partial charge in [0.05, 0.1) is 13.1 Å². The Kier molecular flexibility index (Phi) is 10.6. The number of guanidine groups is 1. The minimum Gasteiger partial charge on any atom is -0.377 e. The first kappa shape index (κ1) is 24.3. The lowest BCUT2D eigenvalue weighted by molar-refractivity contribution is 0.140. The average molecular weight is 520 g/mol. The van der Waals surface area contributed by atoms with Crippen LogP contribution in [0.2, 0.25) is 0 Å². The number of hydrogen-bond donors (Lipinski definition) is 2. The number of aromatic nitrogens is 3. The predicted molar refractivity (Wildman–Crippen MR) is 126 cm³/mol. The molecule has 1 aromatic rings.